The Hall–Kier alpha value is -2.69. The molecule has 3 rings (SSSR count). The molecule has 0 aliphatic carbocycles. The average molecular weight is 410 g/mol. The van der Waals surface area contributed by atoms with E-state index in [0.717, 1.165) is 22.3 Å². The van der Waals surface area contributed by atoms with E-state index in [9.17, 15) is 9.90 Å². The minimum atomic E-state index is -0.863. The van der Waals surface area contributed by atoms with E-state index in [1.165, 1.54) is 0 Å². The van der Waals surface area contributed by atoms with E-state index >= 15 is 0 Å². The van der Waals surface area contributed by atoms with Crippen molar-refractivity contribution >= 4 is 17.6 Å². The molecule has 1 N–H and O–H groups in total. The first-order valence-electron chi connectivity index (χ1n) is 9.65. The van der Waals surface area contributed by atoms with Crippen LogP contribution in [0.25, 0.3) is 11.1 Å². The summed E-state index contributed by atoms with van der Waals surface area (Å²) < 4.78 is 5.87. The maximum absolute atomic E-state index is 11.5. The lowest BCUT2D eigenvalue weighted by atomic mass is 9.85. The van der Waals surface area contributed by atoms with E-state index < -0.39 is 12.1 Å². The van der Waals surface area contributed by atoms with Crippen molar-refractivity contribution in [1.29, 1.82) is 0 Å². The van der Waals surface area contributed by atoms with Crippen molar-refractivity contribution in [2.24, 2.45) is 0 Å². The topological polar surface area (TPSA) is 59.4 Å². The average Bonchev–Trinajstić information content (AvgIpc) is 2.74. The number of aliphatic carboxylic acids is 1. The second-order valence-corrected chi connectivity index (χ2v) is 7.32. The second-order valence-electron chi connectivity index (χ2n) is 6.89. The lowest BCUT2D eigenvalue weighted by Crippen LogP contribution is -2.27. The molecule has 29 heavy (non-hydrogen) atoms. The van der Waals surface area contributed by atoms with Gasteiger partial charge in [-0.2, -0.15) is 0 Å². The molecule has 0 saturated heterocycles. The van der Waals surface area contributed by atoms with Crippen LogP contribution in [0.1, 0.15) is 30.4 Å². The van der Waals surface area contributed by atoms with Gasteiger partial charge in [-0.05, 0) is 59.9 Å². The molecule has 1 aromatic heterocycles. The summed E-state index contributed by atoms with van der Waals surface area (Å²) in [5.41, 5.74) is 4.32. The number of carboxylic acid groups (broad SMARTS) is 1. The first-order chi connectivity index (χ1) is 14.1. The Balaban J connectivity index is 1.92. The minimum Gasteiger partial charge on any atom is -0.481 e. The number of carboxylic acids is 1. The first-order valence-corrected chi connectivity index (χ1v) is 10.0. The standard InChI is InChI=1S/C24H24ClNO3/c1-2-29-23(16-24(27)28)22(15-17-3-9-21(25)10-4-17)20-7-5-18(6-8-20)19-11-13-26-14-12-19/h3-14,22-23H,2,15-16H2,1H3,(H,27,28)/t22-,23-/m1/s1. The highest BCUT2D eigenvalue weighted by Gasteiger charge is 2.26. The molecule has 0 fully saturated rings. The van der Waals surface area contributed by atoms with Crippen LogP contribution in [0.15, 0.2) is 73.1 Å². The summed E-state index contributed by atoms with van der Waals surface area (Å²) in [5.74, 6) is -0.948. The number of hydrogen-bond acceptors (Lipinski definition) is 3. The third-order valence-corrected chi connectivity index (χ3v) is 5.18. The van der Waals surface area contributed by atoms with Gasteiger partial charge in [0.15, 0.2) is 0 Å². The van der Waals surface area contributed by atoms with Gasteiger partial charge in [0.2, 0.25) is 0 Å². The largest absolute Gasteiger partial charge is 0.481 e. The Bertz CT molecular complexity index is 911. The smallest absolute Gasteiger partial charge is 0.306 e. The van der Waals surface area contributed by atoms with Crippen LogP contribution < -0.4 is 0 Å². The van der Waals surface area contributed by atoms with E-state index in [0.29, 0.717) is 18.1 Å². The Morgan fingerprint density at radius 1 is 1.00 bits per heavy atom. The van der Waals surface area contributed by atoms with Crippen LogP contribution >= 0.6 is 11.6 Å². The number of pyridine rings is 1. The number of benzene rings is 2. The van der Waals surface area contributed by atoms with Crippen molar-refractivity contribution in [3.63, 3.8) is 0 Å². The fourth-order valence-electron chi connectivity index (χ4n) is 3.51. The fraction of sp³-hybridized carbons (Fsp3) is 0.250. The highest BCUT2D eigenvalue weighted by atomic mass is 35.5. The first kappa shape index (κ1) is 21.0. The summed E-state index contributed by atoms with van der Waals surface area (Å²) in [5, 5.41) is 10.1. The van der Waals surface area contributed by atoms with E-state index in [1.54, 1.807) is 12.4 Å². The lowest BCUT2D eigenvalue weighted by molar-refractivity contribution is -0.140. The van der Waals surface area contributed by atoms with Crippen LogP contribution in [0.2, 0.25) is 5.02 Å². The molecular weight excluding hydrogens is 386 g/mol. The highest BCUT2D eigenvalue weighted by molar-refractivity contribution is 6.30. The third-order valence-electron chi connectivity index (χ3n) is 4.93. The van der Waals surface area contributed by atoms with Gasteiger partial charge in [0.1, 0.15) is 0 Å². The zero-order valence-electron chi connectivity index (χ0n) is 16.3. The molecule has 150 valence electrons. The van der Waals surface area contributed by atoms with Crippen molar-refractivity contribution < 1.29 is 14.6 Å². The van der Waals surface area contributed by atoms with Gasteiger partial charge >= 0.3 is 5.97 Å². The number of nitrogens with zero attached hydrogens (tertiary/aromatic N) is 1. The quantitative estimate of drug-likeness (QED) is 0.499. The maximum atomic E-state index is 11.5. The zero-order chi connectivity index (χ0) is 20.6. The highest BCUT2D eigenvalue weighted by Crippen LogP contribution is 2.31. The van der Waals surface area contributed by atoms with Crippen molar-refractivity contribution in [1.82, 2.24) is 4.98 Å². The van der Waals surface area contributed by atoms with Crippen LogP contribution in [0, 0.1) is 0 Å². The normalized spacial score (nSPS) is 13.0. The van der Waals surface area contributed by atoms with Gasteiger partial charge in [-0.25, -0.2) is 0 Å². The molecule has 0 unspecified atom stereocenters. The number of rotatable bonds is 9. The molecule has 0 aliphatic rings. The van der Waals surface area contributed by atoms with Crippen LogP contribution in [-0.2, 0) is 16.0 Å². The van der Waals surface area contributed by atoms with Gasteiger partial charge in [-0.1, -0.05) is 48.0 Å². The Kier molecular flexibility index (Phi) is 7.39. The van der Waals surface area contributed by atoms with Crippen LogP contribution in [0.5, 0.6) is 0 Å². The predicted octanol–water partition coefficient (Wildman–Crippen LogP) is 5.61. The molecule has 0 saturated carbocycles. The molecule has 0 radical (unpaired) electrons. The van der Waals surface area contributed by atoms with Crippen LogP contribution in [0.4, 0.5) is 0 Å². The Morgan fingerprint density at radius 3 is 2.21 bits per heavy atom. The summed E-state index contributed by atoms with van der Waals surface area (Å²) in [4.78, 5) is 15.5. The monoisotopic (exact) mass is 409 g/mol. The van der Waals surface area contributed by atoms with Crippen molar-refractivity contribution in [2.45, 2.75) is 31.8 Å². The van der Waals surface area contributed by atoms with E-state index in [1.807, 2.05) is 43.3 Å². The van der Waals surface area contributed by atoms with Crippen molar-refractivity contribution in [3.05, 3.63) is 89.2 Å². The summed E-state index contributed by atoms with van der Waals surface area (Å²) >= 11 is 6.02. The van der Waals surface area contributed by atoms with E-state index in [2.05, 4.69) is 29.2 Å². The van der Waals surface area contributed by atoms with Gasteiger partial charge in [0, 0.05) is 29.9 Å². The number of ether oxygens (including phenoxy) is 1. The van der Waals surface area contributed by atoms with Crippen LogP contribution in [0.3, 0.4) is 0 Å². The lowest BCUT2D eigenvalue weighted by Gasteiger charge is -2.27. The second kappa shape index (κ2) is 10.2. The molecule has 0 spiro atoms. The molecule has 2 atom stereocenters. The SMILES string of the molecule is CCO[C@H](CC(=O)O)[C@H](Cc1ccc(Cl)cc1)c1ccc(-c2ccncc2)cc1. The van der Waals surface area contributed by atoms with Crippen LogP contribution in [-0.4, -0.2) is 28.8 Å². The summed E-state index contributed by atoms with van der Waals surface area (Å²) in [6.07, 6.45) is 3.75. The van der Waals surface area contributed by atoms with Gasteiger partial charge in [-0.3, -0.25) is 9.78 Å². The molecule has 3 aromatic rings. The van der Waals surface area contributed by atoms with Crippen molar-refractivity contribution in [2.75, 3.05) is 6.61 Å². The fourth-order valence-corrected chi connectivity index (χ4v) is 3.64. The van der Waals surface area contributed by atoms with Gasteiger partial charge in [0.25, 0.3) is 0 Å². The van der Waals surface area contributed by atoms with Gasteiger partial charge in [-0.15, -0.1) is 0 Å². The van der Waals surface area contributed by atoms with Gasteiger partial charge in [0.05, 0.1) is 12.5 Å². The summed E-state index contributed by atoms with van der Waals surface area (Å²) in [6, 6.07) is 19.8. The van der Waals surface area contributed by atoms with Gasteiger partial charge < -0.3 is 9.84 Å². The molecule has 0 aliphatic heterocycles. The third kappa shape index (κ3) is 5.89. The molecule has 5 heteroatoms. The molecule has 0 amide bonds. The molecular formula is C24H24ClNO3. The molecule has 2 aromatic carbocycles. The predicted molar refractivity (Wildman–Crippen MR) is 115 cm³/mol. The van der Waals surface area contributed by atoms with E-state index in [4.69, 9.17) is 16.3 Å². The molecule has 4 nitrogen and oxygen atoms in total. The zero-order valence-corrected chi connectivity index (χ0v) is 17.0. The molecule has 1 heterocycles. The number of carbonyl (C=O) groups is 1. The molecule has 0 bridgehead atoms. The number of halogens is 1. The number of hydrogen-bond donors (Lipinski definition) is 1. The summed E-state index contributed by atoms with van der Waals surface area (Å²) in [6.45, 7) is 2.35. The van der Waals surface area contributed by atoms with E-state index in [-0.39, 0.29) is 12.3 Å². The Labute approximate surface area is 176 Å². The number of aromatic nitrogens is 1. The van der Waals surface area contributed by atoms with Crippen molar-refractivity contribution in [3.8, 4) is 11.1 Å². The minimum absolute atomic E-state index is 0.0434. The Morgan fingerprint density at radius 2 is 1.62 bits per heavy atom. The summed E-state index contributed by atoms with van der Waals surface area (Å²) in [7, 11) is 0. The maximum Gasteiger partial charge on any atom is 0.306 e.